The van der Waals surface area contributed by atoms with Gasteiger partial charge in [-0.1, -0.05) is 21.1 Å². The number of carbonyl (C=O) groups excluding carboxylic acids is 2. The fraction of sp³-hybridized carbons (Fsp3) is 0.150. The monoisotopic (exact) mass is 474 g/mol. The highest BCUT2D eigenvalue weighted by molar-refractivity contribution is 9.10. The van der Waals surface area contributed by atoms with Gasteiger partial charge in [0.1, 0.15) is 27.5 Å². The predicted octanol–water partition coefficient (Wildman–Crippen LogP) is 5.65. The van der Waals surface area contributed by atoms with Crippen molar-refractivity contribution in [1.82, 2.24) is 5.16 Å². The Bertz CT molecular complexity index is 1220. The second-order valence-corrected chi connectivity index (χ2v) is 8.08. The first kappa shape index (κ1) is 19.4. The van der Waals surface area contributed by atoms with Crippen LogP contribution < -0.4 is 5.32 Å². The van der Waals surface area contributed by atoms with Crippen LogP contribution >= 0.6 is 27.3 Å². The maximum atomic E-state index is 12.6. The Morgan fingerprint density at radius 2 is 2.10 bits per heavy atom. The molecule has 0 aliphatic rings. The van der Waals surface area contributed by atoms with Gasteiger partial charge in [-0.05, 0) is 44.2 Å². The number of benzene rings is 1. The van der Waals surface area contributed by atoms with Crippen molar-refractivity contribution < 1.29 is 23.3 Å². The number of nitrogens with zero attached hydrogens (tertiary/aromatic N) is 1. The standard InChI is InChI=1S/C20H15BrN2O5S/c1-3-26-20(25)18-14(23-19(24)13-9-22-28-10(13)2)8-17(29-18)16-7-11-6-12(21)4-5-15(11)27-16/h4-9H,3H2,1-2H3,(H,23,24). The van der Waals surface area contributed by atoms with E-state index < -0.39 is 11.9 Å². The third-order valence-electron chi connectivity index (χ3n) is 4.16. The molecule has 4 rings (SSSR count). The van der Waals surface area contributed by atoms with Gasteiger partial charge in [-0.25, -0.2) is 4.79 Å². The molecule has 0 atom stereocenters. The number of furan rings is 1. The van der Waals surface area contributed by atoms with E-state index in [1.54, 1.807) is 19.9 Å². The van der Waals surface area contributed by atoms with E-state index in [0.29, 0.717) is 27.6 Å². The minimum Gasteiger partial charge on any atom is -0.462 e. The topological polar surface area (TPSA) is 94.6 Å². The van der Waals surface area contributed by atoms with E-state index in [4.69, 9.17) is 13.7 Å². The Morgan fingerprint density at radius 3 is 2.83 bits per heavy atom. The largest absolute Gasteiger partial charge is 0.462 e. The zero-order valence-electron chi connectivity index (χ0n) is 15.4. The van der Waals surface area contributed by atoms with Gasteiger partial charge in [0, 0.05) is 9.86 Å². The smallest absolute Gasteiger partial charge is 0.350 e. The third-order valence-corrected chi connectivity index (χ3v) is 5.78. The van der Waals surface area contributed by atoms with Gasteiger partial charge in [0.25, 0.3) is 5.91 Å². The lowest BCUT2D eigenvalue weighted by molar-refractivity contribution is 0.0533. The SMILES string of the molecule is CCOC(=O)c1sc(-c2cc3cc(Br)ccc3o2)cc1NC(=O)c1cnoc1C. The maximum absolute atomic E-state index is 12.6. The Morgan fingerprint density at radius 1 is 1.28 bits per heavy atom. The summed E-state index contributed by atoms with van der Waals surface area (Å²) in [7, 11) is 0. The van der Waals surface area contributed by atoms with E-state index in [0.717, 1.165) is 15.4 Å². The summed E-state index contributed by atoms with van der Waals surface area (Å²) in [6.45, 7) is 3.59. The highest BCUT2D eigenvalue weighted by Crippen LogP contribution is 2.38. The number of rotatable bonds is 5. The minimum absolute atomic E-state index is 0.225. The zero-order chi connectivity index (χ0) is 20.5. The maximum Gasteiger partial charge on any atom is 0.350 e. The normalized spacial score (nSPS) is 11.0. The summed E-state index contributed by atoms with van der Waals surface area (Å²) in [5, 5.41) is 7.28. The summed E-state index contributed by atoms with van der Waals surface area (Å²) in [5.74, 6) is 0.0425. The fourth-order valence-electron chi connectivity index (χ4n) is 2.80. The Balaban J connectivity index is 1.73. The molecule has 0 fully saturated rings. The molecule has 1 N–H and O–H groups in total. The van der Waals surface area contributed by atoms with E-state index in [1.807, 2.05) is 24.3 Å². The van der Waals surface area contributed by atoms with Crippen LogP contribution in [0.4, 0.5) is 5.69 Å². The number of aromatic nitrogens is 1. The lowest BCUT2D eigenvalue weighted by Crippen LogP contribution is -2.14. The first-order valence-corrected chi connectivity index (χ1v) is 10.3. The Hall–Kier alpha value is -2.91. The van der Waals surface area contributed by atoms with Gasteiger partial charge >= 0.3 is 5.97 Å². The van der Waals surface area contributed by atoms with Gasteiger partial charge in [0.2, 0.25) is 0 Å². The van der Waals surface area contributed by atoms with E-state index in [9.17, 15) is 9.59 Å². The van der Waals surface area contributed by atoms with E-state index >= 15 is 0 Å². The zero-order valence-corrected chi connectivity index (χ0v) is 17.8. The summed E-state index contributed by atoms with van der Waals surface area (Å²) in [4.78, 5) is 26.0. The Labute approximate surface area is 177 Å². The van der Waals surface area contributed by atoms with E-state index in [1.165, 1.54) is 17.5 Å². The quantitative estimate of drug-likeness (QED) is 0.375. The molecule has 9 heteroatoms. The molecule has 1 amide bonds. The number of hydrogen-bond acceptors (Lipinski definition) is 7. The molecular formula is C20H15BrN2O5S. The van der Waals surface area contributed by atoms with Crippen molar-refractivity contribution in [1.29, 1.82) is 0 Å². The van der Waals surface area contributed by atoms with Crippen LogP contribution in [-0.4, -0.2) is 23.6 Å². The molecule has 0 saturated carbocycles. The molecule has 0 bridgehead atoms. The second-order valence-electron chi connectivity index (χ2n) is 6.12. The number of esters is 1. The first-order chi connectivity index (χ1) is 14.0. The molecule has 0 saturated heterocycles. The molecule has 4 aromatic rings. The molecule has 29 heavy (non-hydrogen) atoms. The number of carbonyl (C=O) groups is 2. The number of thiophene rings is 1. The fourth-order valence-corrected chi connectivity index (χ4v) is 4.13. The van der Waals surface area contributed by atoms with Crippen LogP contribution in [0.1, 0.15) is 32.7 Å². The van der Waals surface area contributed by atoms with Gasteiger partial charge in [0.15, 0.2) is 0 Å². The molecule has 0 spiro atoms. The lowest BCUT2D eigenvalue weighted by atomic mass is 10.2. The number of ether oxygens (including phenoxy) is 1. The van der Waals surface area contributed by atoms with E-state index in [-0.39, 0.29) is 11.5 Å². The van der Waals surface area contributed by atoms with Crippen LogP contribution in [0.2, 0.25) is 0 Å². The number of fused-ring (bicyclic) bond motifs is 1. The number of hydrogen-bond donors (Lipinski definition) is 1. The number of nitrogens with one attached hydrogen (secondary N) is 1. The molecule has 148 valence electrons. The molecular weight excluding hydrogens is 460 g/mol. The van der Waals surface area contributed by atoms with Crippen LogP contribution in [0.3, 0.4) is 0 Å². The van der Waals surface area contributed by atoms with Crippen molar-refractivity contribution in [2.45, 2.75) is 13.8 Å². The van der Waals surface area contributed by atoms with Gasteiger partial charge in [-0.3, -0.25) is 4.79 Å². The van der Waals surface area contributed by atoms with E-state index in [2.05, 4.69) is 26.4 Å². The molecule has 7 nitrogen and oxygen atoms in total. The summed E-state index contributed by atoms with van der Waals surface area (Å²) < 4.78 is 16.9. The second kappa shape index (κ2) is 7.84. The summed E-state index contributed by atoms with van der Waals surface area (Å²) >= 11 is 4.63. The van der Waals surface area contributed by atoms with Gasteiger partial charge < -0.3 is 19.0 Å². The predicted molar refractivity (Wildman–Crippen MR) is 112 cm³/mol. The summed E-state index contributed by atoms with van der Waals surface area (Å²) in [6, 6.07) is 9.28. The number of halogens is 1. The van der Waals surface area contributed by atoms with Crippen molar-refractivity contribution in [3.8, 4) is 10.6 Å². The number of anilines is 1. The molecule has 0 radical (unpaired) electrons. The van der Waals surface area contributed by atoms with Crippen molar-refractivity contribution in [2.24, 2.45) is 0 Å². The van der Waals surface area contributed by atoms with Crippen molar-refractivity contribution in [2.75, 3.05) is 11.9 Å². The summed E-state index contributed by atoms with van der Waals surface area (Å²) in [5.41, 5.74) is 1.36. The van der Waals surface area contributed by atoms with Crippen LogP contribution in [0.15, 0.2) is 49.9 Å². The van der Waals surface area contributed by atoms with Gasteiger partial charge in [-0.15, -0.1) is 11.3 Å². The molecule has 1 aromatic carbocycles. The van der Waals surface area contributed by atoms with Crippen molar-refractivity contribution in [3.63, 3.8) is 0 Å². The van der Waals surface area contributed by atoms with Crippen molar-refractivity contribution >= 4 is 55.8 Å². The third kappa shape index (κ3) is 3.83. The average molecular weight is 475 g/mol. The van der Waals surface area contributed by atoms with Crippen LogP contribution in [0.5, 0.6) is 0 Å². The van der Waals surface area contributed by atoms with Gasteiger partial charge in [-0.2, -0.15) is 0 Å². The molecule has 3 aromatic heterocycles. The number of aryl methyl sites for hydroxylation is 1. The van der Waals surface area contributed by atoms with Crippen LogP contribution in [0.25, 0.3) is 21.6 Å². The van der Waals surface area contributed by atoms with Gasteiger partial charge in [0.05, 0.1) is 23.4 Å². The van der Waals surface area contributed by atoms with Crippen LogP contribution in [0, 0.1) is 6.92 Å². The molecule has 0 aliphatic carbocycles. The lowest BCUT2D eigenvalue weighted by Gasteiger charge is -2.05. The highest BCUT2D eigenvalue weighted by Gasteiger charge is 2.23. The van der Waals surface area contributed by atoms with Crippen molar-refractivity contribution in [3.05, 3.63) is 57.2 Å². The first-order valence-electron chi connectivity index (χ1n) is 8.69. The average Bonchev–Trinajstić information content (AvgIpc) is 3.39. The number of amides is 1. The van der Waals surface area contributed by atoms with Crippen LogP contribution in [-0.2, 0) is 4.74 Å². The molecule has 0 aliphatic heterocycles. The minimum atomic E-state index is -0.514. The molecule has 0 unspecified atom stereocenters. The Kier molecular flexibility index (Phi) is 5.25. The highest BCUT2D eigenvalue weighted by atomic mass is 79.9. The molecule has 3 heterocycles. The summed E-state index contributed by atoms with van der Waals surface area (Å²) in [6.07, 6.45) is 1.33.